The van der Waals surface area contributed by atoms with Crippen molar-refractivity contribution < 1.29 is 4.39 Å². The highest BCUT2D eigenvalue weighted by Gasteiger charge is 2.08. The van der Waals surface area contributed by atoms with E-state index < -0.39 is 0 Å². The van der Waals surface area contributed by atoms with E-state index in [9.17, 15) is 4.39 Å². The molecule has 0 spiro atoms. The lowest BCUT2D eigenvalue weighted by Gasteiger charge is -2.17. The summed E-state index contributed by atoms with van der Waals surface area (Å²) in [5, 5.41) is 11.7. The summed E-state index contributed by atoms with van der Waals surface area (Å²) in [7, 11) is 0. The van der Waals surface area contributed by atoms with Gasteiger partial charge in [0.25, 0.3) is 0 Å². The van der Waals surface area contributed by atoms with Crippen LogP contribution in [0.2, 0.25) is 0 Å². The molecule has 0 bridgehead atoms. The van der Waals surface area contributed by atoms with Gasteiger partial charge in [0.05, 0.1) is 17.3 Å². The van der Waals surface area contributed by atoms with Crippen LogP contribution in [0.5, 0.6) is 0 Å². The normalized spacial score (nSPS) is 12.2. The molecule has 0 aromatic heterocycles. The van der Waals surface area contributed by atoms with Crippen molar-refractivity contribution in [2.45, 2.75) is 33.2 Å². The monoisotopic (exact) mass is 220 g/mol. The van der Waals surface area contributed by atoms with Crippen LogP contribution < -0.4 is 5.32 Å². The first-order valence-electron chi connectivity index (χ1n) is 5.49. The molecule has 0 saturated heterocycles. The number of benzene rings is 1. The Morgan fingerprint density at radius 1 is 1.38 bits per heavy atom. The van der Waals surface area contributed by atoms with Gasteiger partial charge in [-0.2, -0.15) is 5.26 Å². The maximum absolute atomic E-state index is 13.5. The molecule has 0 radical (unpaired) electrons. The van der Waals surface area contributed by atoms with Crippen molar-refractivity contribution in [3.63, 3.8) is 0 Å². The minimum Gasteiger partial charge on any atom is -0.380 e. The number of hydrogen-bond acceptors (Lipinski definition) is 2. The molecule has 1 aromatic rings. The van der Waals surface area contributed by atoms with Crippen LogP contribution in [0.1, 0.15) is 32.8 Å². The van der Waals surface area contributed by atoms with E-state index in [0.29, 0.717) is 17.2 Å². The fraction of sp³-hybridized carbons (Fsp3) is 0.462. The van der Waals surface area contributed by atoms with Crippen molar-refractivity contribution in [1.29, 1.82) is 5.26 Å². The summed E-state index contributed by atoms with van der Waals surface area (Å²) < 4.78 is 13.5. The molecule has 1 N–H and O–H groups in total. The Hall–Kier alpha value is -1.56. The van der Waals surface area contributed by atoms with Crippen LogP contribution >= 0.6 is 0 Å². The van der Waals surface area contributed by atoms with Gasteiger partial charge in [-0.25, -0.2) is 4.39 Å². The van der Waals surface area contributed by atoms with Crippen molar-refractivity contribution in [3.05, 3.63) is 29.6 Å². The largest absolute Gasteiger partial charge is 0.380 e. The van der Waals surface area contributed by atoms with E-state index in [-0.39, 0.29) is 11.9 Å². The lowest BCUT2D eigenvalue weighted by Crippen LogP contribution is -2.18. The van der Waals surface area contributed by atoms with E-state index >= 15 is 0 Å². The van der Waals surface area contributed by atoms with Crippen molar-refractivity contribution in [2.24, 2.45) is 5.92 Å². The number of rotatable bonds is 4. The van der Waals surface area contributed by atoms with Crippen LogP contribution in [0.25, 0.3) is 0 Å². The maximum atomic E-state index is 13.5. The summed E-state index contributed by atoms with van der Waals surface area (Å²) in [6.07, 6.45) is 0.986. The fourth-order valence-electron chi connectivity index (χ4n) is 1.73. The zero-order valence-corrected chi connectivity index (χ0v) is 9.92. The van der Waals surface area contributed by atoms with Gasteiger partial charge in [-0.3, -0.25) is 0 Å². The van der Waals surface area contributed by atoms with Gasteiger partial charge in [0.1, 0.15) is 5.82 Å². The van der Waals surface area contributed by atoms with Gasteiger partial charge >= 0.3 is 0 Å². The average molecular weight is 220 g/mol. The Morgan fingerprint density at radius 3 is 2.56 bits per heavy atom. The molecule has 0 heterocycles. The fourth-order valence-corrected chi connectivity index (χ4v) is 1.73. The number of hydrogen-bond donors (Lipinski definition) is 1. The van der Waals surface area contributed by atoms with Crippen LogP contribution in [-0.4, -0.2) is 6.04 Å². The van der Waals surface area contributed by atoms with Crippen molar-refractivity contribution in [2.75, 3.05) is 5.32 Å². The molecule has 1 atom stereocenters. The van der Waals surface area contributed by atoms with Crippen LogP contribution in [-0.2, 0) is 0 Å². The predicted molar refractivity (Wildman–Crippen MR) is 63.7 cm³/mol. The quantitative estimate of drug-likeness (QED) is 0.842. The molecule has 2 nitrogen and oxygen atoms in total. The molecule has 0 saturated carbocycles. The van der Waals surface area contributed by atoms with E-state index in [1.54, 1.807) is 12.1 Å². The Morgan fingerprint density at radius 2 is 2.06 bits per heavy atom. The lowest BCUT2D eigenvalue weighted by molar-refractivity contribution is 0.536. The minimum atomic E-state index is -0.366. The summed E-state index contributed by atoms with van der Waals surface area (Å²) in [4.78, 5) is 0. The van der Waals surface area contributed by atoms with Gasteiger partial charge in [-0.15, -0.1) is 0 Å². The molecule has 0 aliphatic carbocycles. The molecular weight excluding hydrogens is 203 g/mol. The highest BCUT2D eigenvalue weighted by molar-refractivity contribution is 5.49. The van der Waals surface area contributed by atoms with Crippen LogP contribution in [0.15, 0.2) is 18.2 Å². The van der Waals surface area contributed by atoms with Crippen LogP contribution in [0.4, 0.5) is 10.1 Å². The Bertz CT molecular complexity index is 393. The second-order valence-corrected chi connectivity index (χ2v) is 4.48. The molecule has 0 aliphatic rings. The van der Waals surface area contributed by atoms with E-state index in [1.807, 2.05) is 13.0 Å². The number of nitrogens with zero attached hydrogens (tertiary/aromatic N) is 1. The first-order chi connectivity index (χ1) is 7.52. The van der Waals surface area contributed by atoms with Gasteiger partial charge in [0.15, 0.2) is 0 Å². The summed E-state index contributed by atoms with van der Waals surface area (Å²) in [5.74, 6) is 0.207. The Kier molecular flexibility index (Phi) is 4.30. The topological polar surface area (TPSA) is 35.8 Å². The maximum Gasteiger partial charge on any atom is 0.147 e. The Labute approximate surface area is 96.1 Å². The second-order valence-electron chi connectivity index (χ2n) is 4.48. The molecule has 0 fully saturated rings. The molecule has 1 rings (SSSR count). The third-order valence-electron chi connectivity index (χ3n) is 2.33. The van der Waals surface area contributed by atoms with Gasteiger partial charge in [-0.05, 0) is 37.5 Å². The van der Waals surface area contributed by atoms with Gasteiger partial charge < -0.3 is 5.32 Å². The second kappa shape index (κ2) is 5.50. The van der Waals surface area contributed by atoms with Crippen molar-refractivity contribution in [1.82, 2.24) is 0 Å². The predicted octanol–water partition coefficient (Wildman–Crippen LogP) is 3.54. The van der Waals surface area contributed by atoms with Crippen molar-refractivity contribution >= 4 is 5.69 Å². The molecular formula is C13H17FN2. The van der Waals surface area contributed by atoms with E-state index in [0.717, 1.165) is 6.42 Å². The Balaban J connectivity index is 2.71. The van der Waals surface area contributed by atoms with E-state index in [4.69, 9.17) is 5.26 Å². The zero-order chi connectivity index (χ0) is 12.1. The van der Waals surface area contributed by atoms with Gasteiger partial charge in [-0.1, -0.05) is 13.8 Å². The first-order valence-corrected chi connectivity index (χ1v) is 5.49. The third-order valence-corrected chi connectivity index (χ3v) is 2.33. The SMILES string of the molecule is CC(C)CC(C)Nc1ccc(C#N)cc1F. The molecule has 0 aliphatic heterocycles. The molecule has 16 heavy (non-hydrogen) atoms. The number of halogens is 1. The molecule has 0 amide bonds. The summed E-state index contributed by atoms with van der Waals surface area (Å²) in [6.45, 7) is 6.29. The van der Waals surface area contributed by atoms with Crippen LogP contribution in [0.3, 0.4) is 0 Å². The summed E-state index contributed by atoms with van der Waals surface area (Å²) in [6, 6.07) is 6.63. The lowest BCUT2D eigenvalue weighted by atomic mass is 10.0. The van der Waals surface area contributed by atoms with Gasteiger partial charge in [0.2, 0.25) is 0 Å². The first kappa shape index (κ1) is 12.5. The molecule has 1 unspecified atom stereocenters. The number of anilines is 1. The molecule has 3 heteroatoms. The minimum absolute atomic E-state index is 0.224. The summed E-state index contributed by atoms with van der Waals surface area (Å²) in [5.41, 5.74) is 0.812. The highest BCUT2D eigenvalue weighted by atomic mass is 19.1. The molecule has 86 valence electrons. The highest BCUT2D eigenvalue weighted by Crippen LogP contribution is 2.18. The molecule has 1 aromatic carbocycles. The zero-order valence-electron chi connectivity index (χ0n) is 9.92. The third kappa shape index (κ3) is 3.54. The van der Waals surface area contributed by atoms with Crippen molar-refractivity contribution in [3.8, 4) is 6.07 Å². The summed E-state index contributed by atoms with van der Waals surface area (Å²) >= 11 is 0. The average Bonchev–Trinajstić information content (AvgIpc) is 2.19. The smallest absolute Gasteiger partial charge is 0.147 e. The van der Waals surface area contributed by atoms with Gasteiger partial charge in [0, 0.05) is 6.04 Å². The number of nitriles is 1. The standard InChI is InChI=1S/C13H17FN2/c1-9(2)6-10(3)16-13-5-4-11(8-15)7-12(13)14/h4-5,7,9-10,16H,6H2,1-3H3. The number of nitrogens with one attached hydrogen (secondary N) is 1. The van der Waals surface area contributed by atoms with Crippen LogP contribution in [0, 0.1) is 23.1 Å². The van der Waals surface area contributed by atoms with E-state index in [1.165, 1.54) is 6.07 Å². The van der Waals surface area contributed by atoms with E-state index in [2.05, 4.69) is 19.2 Å².